The number of aryl methyl sites for hydroxylation is 1. The first-order valence-electron chi connectivity index (χ1n) is 10.2. The lowest BCUT2D eigenvalue weighted by atomic mass is 9.71. The number of nitrogens with zero attached hydrogens (tertiary/aromatic N) is 2. The molecule has 1 N–H and O–H groups in total. The van der Waals surface area contributed by atoms with Crippen LogP contribution < -0.4 is 5.32 Å². The van der Waals surface area contributed by atoms with E-state index < -0.39 is 0 Å². The molecule has 3 saturated heterocycles. The normalized spacial score (nSPS) is 24.0. The molecule has 3 aliphatic rings. The summed E-state index contributed by atoms with van der Waals surface area (Å²) in [7, 11) is 0. The molecular formula is C21H28ClN3O3. The van der Waals surface area contributed by atoms with E-state index in [0.717, 1.165) is 44.3 Å². The predicted molar refractivity (Wildman–Crippen MR) is 109 cm³/mol. The molecule has 7 heteroatoms. The number of carbonyl (C=O) groups excluding carboxylic acids is 2. The minimum absolute atomic E-state index is 0.137. The second-order valence-electron chi connectivity index (χ2n) is 8.33. The highest BCUT2D eigenvalue weighted by Gasteiger charge is 2.52. The summed E-state index contributed by atoms with van der Waals surface area (Å²) in [5, 5.41) is 3.58. The molecule has 0 unspecified atom stereocenters. The van der Waals surface area contributed by atoms with Crippen LogP contribution in [0.1, 0.15) is 31.2 Å². The first kappa shape index (κ1) is 19.5. The van der Waals surface area contributed by atoms with Gasteiger partial charge in [0, 0.05) is 55.5 Å². The number of carbonyl (C=O) groups is 2. The van der Waals surface area contributed by atoms with Crippen LogP contribution in [0.25, 0.3) is 0 Å². The average Bonchev–Trinajstić information content (AvgIpc) is 3.34. The second-order valence-corrected chi connectivity index (χ2v) is 8.74. The lowest BCUT2D eigenvalue weighted by Gasteiger charge is -2.38. The van der Waals surface area contributed by atoms with Gasteiger partial charge in [-0.1, -0.05) is 17.7 Å². The zero-order valence-corrected chi connectivity index (χ0v) is 17.1. The smallest absolute Gasteiger partial charge is 0.321 e. The third kappa shape index (κ3) is 3.72. The van der Waals surface area contributed by atoms with E-state index in [-0.39, 0.29) is 23.3 Å². The molecule has 3 aliphatic heterocycles. The van der Waals surface area contributed by atoms with Crippen molar-refractivity contribution < 1.29 is 14.3 Å². The summed E-state index contributed by atoms with van der Waals surface area (Å²) in [6, 6.07) is 5.35. The molecule has 3 heterocycles. The van der Waals surface area contributed by atoms with Crippen LogP contribution in [0, 0.1) is 18.3 Å². The number of likely N-dealkylation sites (tertiary alicyclic amines) is 2. The van der Waals surface area contributed by atoms with E-state index in [9.17, 15) is 9.59 Å². The van der Waals surface area contributed by atoms with E-state index in [0.29, 0.717) is 37.0 Å². The molecule has 0 bridgehead atoms. The maximum atomic E-state index is 13.2. The molecule has 6 nitrogen and oxygen atoms in total. The van der Waals surface area contributed by atoms with Crippen LogP contribution in [-0.4, -0.2) is 61.1 Å². The summed E-state index contributed by atoms with van der Waals surface area (Å²) in [5.41, 5.74) is 1.48. The molecule has 1 spiro atoms. The zero-order chi connectivity index (χ0) is 19.7. The Balaban J connectivity index is 1.50. The van der Waals surface area contributed by atoms with Gasteiger partial charge in [0.1, 0.15) is 0 Å². The van der Waals surface area contributed by atoms with Crippen molar-refractivity contribution in [1.29, 1.82) is 0 Å². The molecule has 0 radical (unpaired) electrons. The van der Waals surface area contributed by atoms with Crippen LogP contribution in [0.4, 0.5) is 10.5 Å². The van der Waals surface area contributed by atoms with Crippen molar-refractivity contribution in [3.05, 3.63) is 28.8 Å². The molecule has 0 aliphatic carbocycles. The Morgan fingerprint density at radius 2 is 1.89 bits per heavy atom. The van der Waals surface area contributed by atoms with Crippen LogP contribution in [0.3, 0.4) is 0 Å². The molecule has 3 amide bonds. The number of benzene rings is 1. The van der Waals surface area contributed by atoms with E-state index in [1.54, 1.807) is 11.0 Å². The quantitative estimate of drug-likeness (QED) is 0.818. The second kappa shape index (κ2) is 7.91. The lowest BCUT2D eigenvalue weighted by Crippen LogP contribution is -2.45. The number of amides is 3. The number of ether oxygens (including phenoxy) is 1. The topological polar surface area (TPSA) is 61.9 Å². The first-order chi connectivity index (χ1) is 13.5. The number of urea groups is 1. The summed E-state index contributed by atoms with van der Waals surface area (Å²) in [6.07, 6.45) is 3.81. The van der Waals surface area contributed by atoms with Crippen molar-refractivity contribution >= 4 is 29.2 Å². The fraction of sp³-hybridized carbons (Fsp3) is 0.619. The minimum atomic E-state index is -0.166. The monoisotopic (exact) mass is 405 g/mol. The highest BCUT2D eigenvalue weighted by Crippen LogP contribution is 2.45. The van der Waals surface area contributed by atoms with Crippen LogP contribution in [0.5, 0.6) is 0 Å². The number of hydrogen-bond donors (Lipinski definition) is 1. The first-order valence-corrected chi connectivity index (χ1v) is 10.5. The Kier molecular flexibility index (Phi) is 5.52. The van der Waals surface area contributed by atoms with Crippen molar-refractivity contribution in [3.63, 3.8) is 0 Å². The standard InChI is InChI=1S/C21H28ClN3O3/c1-15-4-5-16(12-18(15)22)23-20(27)25-13-17(19(26)24-8-2-3-9-24)21(14-25)6-10-28-11-7-21/h4-5,12,17H,2-3,6-11,13-14H2,1H3,(H,23,27)/t17-/m0/s1. The fourth-order valence-electron chi connectivity index (χ4n) is 4.78. The predicted octanol–water partition coefficient (Wildman–Crippen LogP) is 3.53. The Bertz CT molecular complexity index is 757. The van der Waals surface area contributed by atoms with Gasteiger partial charge in [0.2, 0.25) is 5.91 Å². The Morgan fingerprint density at radius 3 is 2.57 bits per heavy atom. The number of nitrogens with one attached hydrogen (secondary N) is 1. The molecule has 4 rings (SSSR count). The van der Waals surface area contributed by atoms with Gasteiger partial charge < -0.3 is 19.9 Å². The summed E-state index contributed by atoms with van der Waals surface area (Å²) in [5.74, 6) is 0.0786. The summed E-state index contributed by atoms with van der Waals surface area (Å²) in [4.78, 5) is 30.0. The van der Waals surface area contributed by atoms with Crippen LogP contribution in [0.15, 0.2) is 18.2 Å². The third-order valence-corrected chi connectivity index (χ3v) is 6.97. The molecule has 1 atom stereocenters. The van der Waals surface area contributed by atoms with Crippen LogP contribution in [0.2, 0.25) is 5.02 Å². The molecule has 3 fully saturated rings. The van der Waals surface area contributed by atoms with Crippen molar-refractivity contribution in [3.8, 4) is 0 Å². The Labute approximate surface area is 171 Å². The summed E-state index contributed by atoms with van der Waals surface area (Å²) < 4.78 is 5.57. The number of halogens is 1. The Morgan fingerprint density at radius 1 is 1.18 bits per heavy atom. The number of hydrogen-bond acceptors (Lipinski definition) is 3. The molecule has 0 aromatic heterocycles. The maximum Gasteiger partial charge on any atom is 0.321 e. The minimum Gasteiger partial charge on any atom is -0.381 e. The lowest BCUT2D eigenvalue weighted by molar-refractivity contribution is -0.139. The van der Waals surface area contributed by atoms with E-state index in [2.05, 4.69) is 5.32 Å². The van der Waals surface area contributed by atoms with Gasteiger partial charge in [-0.2, -0.15) is 0 Å². The average molecular weight is 406 g/mol. The van der Waals surface area contributed by atoms with E-state index in [4.69, 9.17) is 16.3 Å². The van der Waals surface area contributed by atoms with Gasteiger partial charge in [0.25, 0.3) is 0 Å². The van der Waals surface area contributed by atoms with E-state index >= 15 is 0 Å². The van der Waals surface area contributed by atoms with Gasteiger partial charge in [-0.05, 0) is 50.3 Å². The van der Waals surface area contributed by atoms with Gasteiger partial charge in [-0.25, -0.2) is 4.79 Å². The van der Waals surface area contributed by atoms with Crippen LogP contribution in [-0.2, 0) is 9.53 Å². The van der Waals surface area contributed by atoms with Gasteiger partial charge >= 0.3 is 6.03 Å². The van der Waals surface area contributed by atoms with Gasteiger partial charge in [-0.3, -0.25) is 4.79 Å². The van der Waals surface area contributed by atoms with Crippen molar-refractivity contribution in [2.24, 2.45) is 11.3 Å². The van der Waals surface area contributed by atoms with Crippen molar-refractivity contribution in [2.45, 2.75) is 32.6 Å². The number of rotatable bonds is 2. The zero-order valence-electron chi connectivity index (χ0n) is 16.4. The third-order valence-electron chi connectivity index (χ3n) is 6.56. The maximum absolute atomic E-state index is 13.2. The highest BCUT2D eigenvalue weighted by molar-refractivity contribution is 6.31. The molecule has 0 saturated carbocycles. The fourth-order valence-corrected chi connectivity index (χ4v) is 4.96. The summed E-state index contributed by atoms with van der Waals surface area (Å²) in [6.45, 7) is 6.01. The molecular weight excluding hydrogens is 378 g/mol. The molecule has 152 valence electrons. The van der Waals surface area contributed by atoms with Crippen molar-refractivity contribution in [1.82, 2.24) is 9.80 Å². The van der Waals surface area contributed by atoms with E-state index in [1.165, 1.54) is 0 Å². The van der Waals surface area contributed by atoms with Crippen molar-refractivity contribution in [2.75, 3.05) is 44.7 Å². The largest absolute Gasteiger partial charge is 0.381 e. The molecule has 28 heavy (non-hydrogen) atoms. The molecule has 1 aromatic carbocycles. The van der Waals surface area contributed by atoms with Gasteiger partial charge in [0.15, 0.2) is 0 Å². The van der Waals surface area contributed by atoms with Crippen LogP contribution >= 0.6 is 11.6 Å². The highest BCUT2D eigenvalue weighted by atomic mass is 35.5. The number of anilines is 1. The Hall–Kier alpha value is -1.79. The van der Waals surface area contributed by atoms with Gasteiger partial charge in [0.05, 0.1) is 5.92 Å². The van der Waals surface area contributed by atoms with E-state index in [1.807, 2.05) is 24.0 Å². The SMILES string of the molecule is Cc1ccc(NC(=O)N2C[C@@H](C(=O)N3CCCC3)C3(CCOCC3)C2)cc1Cl. The molecule has 1 aromatic rings. The summed E-state index contributed by atoms with van der Waals surface area (Å²) >= 11 is 6.18. The van der Waals surface area contributed by atoms with Gasteiger partial charge in [-0.15, -0.1) is 0 Å².